The van der Waals surface area contributed by atoms with Crippen LogP contribution in [0.2, 0.25) is 0 Å². The number of hydrogen-bond donors (Lipinski definition) is 0. The minimum atomic E-state index is -2.31. The van der Waals surface area contributed by atoms with E-state index in [1.807, 2.05) is 0 Å². The van der Waals surface area contributed by atoms with Crippen molar-refractivity contribution >= 4 is 31.1 Å². The fourth-order valence-electron chi connectivity index (χ4n) is 0.835. The third kappa shape index (κ3) is 1.95. The van der Waals surface area contributed by atoms with E-state index in [9.17, 15) is 26.7 Å². The number of carbonyl (C=O) groups is 1. The van der Waals surface area contributed by atoms with Crippen LogP contribution in [0.5, 0.6) is 0 Å². The fourth-order valence-corrected chi connectivity index (χ4v) is 1.23. The predicted molar refractivity (Wildman–Crippen MR) is 38.8 cm³/mol. The molecule has 0 atom stereocenters. The fraction of sp³-hybridized carbons (Fsp3) is 0. The van der Waals surface area contributed by atoms with E-state index in [-0.39, 0.29) is 25.2 Å². The van der Waals surface area contributed by atoms with Crippen LogP contribution in [0.3, 0.4) is 0 Å². The summed E-state index contributed by atoms with van der Waals surface area (Å²) in [4.78, 5) is 10.7. The Kier molecular flexibility index (Phi) is 3.59. The number of carbonyl (C=O) groups excluding carboxylic acids is 1. The summed E-state index contributed by atoms with van der Waals surface area (Å²) in [5.41, 5.74) is -1.57. The molecule has 8 heteroatoms. The number of halogens is 5. The van der Waals surface area contributed by atoms with Gasteiger partial charge in [0.1, 0.15) is 0 Å². The maximum absolute atomic E-state index is 12.8. The predicted octanol–water partition coefficient (Wildman–Crippen LogP) is 1.35. The zero-order valence-corrected chi connectivity index (χ0v) is 10.6. The summed E-state index contributed by atoms with van der Waals surface area (Å²) in [6.07, 6.45) is 0. The standard InChI is InChI=1S/C7HF5O2.Bi.H/c8-2-1(7(13)14)3(9)5(11)6(12)4(2)10;;/h(H,13,14);;/q;+1;/p-1. The summed E-state index contributed by atoms with van der Waals surface area (Å²) in [6, 6.07) is 0. The number of hydrogen-bond acceptors (Lipinski definition) is 2. The van der Waals surface area contributed by atoms with Crippen LogP contribution in [0.25, 0.3) is 0 Å². The molecule has 0 saturated carbocycles. The van der Waals surface area contributed by atoms with Gasteiger partial charge < -0.3 is 0 Å². The van der Waals surface area contributed by atoms with Crippen molar-refractivity contribution in [3.05, 3.63) is 34.6 Å². The average Bonchev–Trinajstić information content (AvgIpc) is 2.23. The van der Waals surface area contributed by atoms with E-state index in [2.05, 4.69) is 2.81 Å². The Balaban J connectivity index is 3.60. The molecule has 0 unspecified atom stereocenters. The van der Waals surface area contributed by atoms with E-state index in [1.54, 1.807) is 0 Å². The molecule has 0 bridgehead atoms. The van der Waals surface area contributed by atoms with Gasteiger partial charge in [-0.1, -0.05) is 0 Å². The minimum absolute atomic E-state index is 0.224. The Bertz CT molecular complexity index is 405. The van der Waals surface area contributed by atoms with Crippen molar-refractivity contribution in [1.29, 1.82) is 0 Å². The normalized spacial score (nSPS) is 10.3. The SMILES string of the molecule is O=C([O][BiH])c1c(F)c(F)c(F)c(F)c1F. The molecule has 0 N–H and O–H groups in total. The first-order valence-corrected chi connectivity index (χ1v) is 4.89. The molecule has 0 aliphatic heterocycles. The van der Waals surface area contributed by atoms with Crippen LogP contribution in [-0.2, 0) is 2.81 Å². The zero-order chi connectivity index (χ0) is 11.7. The molecule has 1 rings (SSSR count). The molecule has 0 heterocycles. The average molecular weight is 421 g/mol. The second-order valence-corrected chi connectivity index (χ2v) is 3.13. The van der Waals surface area contributed by atoms with Gasteiger partial charge in [-0.25, -0.2) is 0 Å². The summed E-state index contributed by atoms with van der Waals surface area (Å²) in [6.45, 7) is 0. The monoisotopic (exact) mass is 421 g/mol. The van der Waals surface area contributed by atoms with Crippen LogP contribution in [0.4, 0.5) is 22.0 Å². The van der Waals surface area contributed by atoms with Gasteiger partial charge in [0, 0.05) is 0 Å². The van der Waals surface area contributed by atoms with Gasteiger partial charge in [0.25, 0.3) is 0 Å². The van der Waals surface area contributed by atoms with Gasteiger partial charge >= 0.3 is 95.3 Å². The van der Waals surface area contributed by atoms with Crippen molar-refractivity contribution in [3.8, 4) is 0 Å². The quantitative estimate of drug-likeness (QED) is 0.297. The molecule has 0 saturated heterocycles. The van der Waals surface area contributed by atoms with E-state index in [1.165, 1.54) is 0 Å². The molecule has 15 heavy (non-hydrogen) atoms. The summed E-state index contributed by atoms with van der Waals surface area (Å²) in [5.74, 6) is -12.6. The van der Waals surface area contributed by atoms with Crippen LogP contribution in [0, 0.1) is 29.1 Å². The first kappa shape index (κ1) is 12.3. The van der Waals surface area contributed by atoms with E-state index in [0.29, 0.717) is 0 Å². The van der Waals surface area contributed by atoms with Gasteiger partial charge in [-0.05, 0) is 0 Å². The van der Waals surface area contributed by atoms with Gasteiger partial charge in [-0.2, -0.15) is 0 Å². The first-order valence-electron chi connectivity index (χ1n) is 3.31. The summed E-state index contributed by atoms with van der Waals surface area (Å²) >= 11 is -0.224. The van der Waals surface area contributed by atoms with Crippen LogP contribution < -0.4 is 0 Å². The van der Waals surface area contributed by atoms with E-state index < -0.39 is 40.6 Å². The van der Waals surface area contributed by atoms with E-state index in [4.69, 9.17) is 0 Å². The van der Waals surface area contributed by atoms with Crippen molar-refractivity contribution in [3.63, 3.8) is 0 Å². The van der Waals surface area contributed by atoms with Crippen molar-refractivity contribution in [2.24, 2.45) is 0 Å². The second-order valence-electron chi connectivity index (χ2n) is 2.33. The molecule has 1 aromatic rings. The first-order chi connectivity index (χ1) is 6.91. The summed E-state index contributed by atoms with van der Waals surface area (Å²) in [5, 5.41) is 0. The van der Waals surface area contributed by atoms with Crippen LogP contribution >= 0.6 is 0 Å². The van der Waals surface area contributed by atoms with Crippen LogP contribution in [0.1, 0.15) is 10.4 Å². The number of benzene rings is 1. The Hall–Kier alpha value is -0.777. The maximum atomic E-state index is 12.8. The van der Waals surface area contributed by atoms with E-state index >= 15 is 0 Å². The molecule has 1 aromatic carbocycles. The van der Waals surface area contributed by atoms with E-state index in [0.717, 1.165) is 0 Å². The zero-order valence-electron chi connectivity index (χ0n) is 6.71. The Morgan fingerprint density at radius 3 is 1.53 bits per heavy atom. The summed E-state index contributed by atoms with van der Waals surface area (Å²) < 4.78 is 67.3. The Labute approximate surface area is 95.5 Å². The molecule has 0 aromatic heterocycles. The van der Waals surface area contributed by atoms with Crippen molar-refractivity contribution in [2.45, 2.75) is 0 Å². The molecule has 0 amide bonds. The third-order valence-electron chi connectivity index (χ3n) is 1.51. The van der Waals surface area contributed by atoms with Crippen molar-refractivity contribution < 1.29 is 29.6 Å². The van der Waals surface area contributed by atoms with Gasteiger partial charge in [-0.15, -0.1) is 0 Å². The molecule has 0 fully saturated rings. The van der Waals surface area contributed by atoms with Crippen molar-refractivity contribution in [2.75, 3.05) is 0 Å². The molecule has 81 valence electrons. The number of rotatable bonds is 1. The van der Waals surface area contributed by atoms with Gasteiger partial charge in [0.15, 0.2) is 0 Å². The van der Waals surface area contributed by atoms with Gasteiger partial charge in [0.2, 0.25) is 0 Å². The molecule has 0 spiro atoms. The molecule has 1 radical (unpaired) electrons. The Morgan fingerprint density at radius 1 is 0.867 bits per heavy atom. The van der Waals surface area contributed by atoms with Crippen LogP contribution in [-0.4, -0.2) is 31.1 Å². The molecular weight excluding hydrogens is 420 g/mol. The topological polar surface area (TPSA) is 26.3 Å². The van der Waals surface area contributed by atoms with Gasteiger partial charge in [-0.3, -0.25) is 0 Å². The third-order valence-corrected chi connectivity index (χ3v) is 2.23. The molecular formula is C7HBiF5O2. The molecule has 0 aliphatic carbocycles. The molecule has 0 aliphatic rings. The Morgan fingerprint density at radius 2 is 1.20 bits per heavy atom. The second kappa shape index (κ2) is 4.39. The summed E-state index contributed by atoms with van der Waals surface area (Å²) in [7, 11) is 0. The van der Waals surface area contributed by atoms with Crippen LogP contribution in [0.15, 0.2) is 0 Å². The van der Waals surface area contributed by atoms with Gasteiger partial charge in [0.05, 0.1) is 0 Å². The van der Waals surface area contributed by atoms with Crippen molar-refractivity contribution in [1.82, 2.24) is 0 Å². The molecule has 2 nitrogen and oxygen atoms in total.